The first-order chi connectivity index (χ1) is 13.1. The molecule has 0 bridgehead atoms. The van der Waals surface area contributed by atoms with Gasteiger partial charge in [0.2, 0.25) is 0 Å². The van der Waals surface area contributed by atoms with Crippen molar-refractivity contribution in [3.63, 3.8) is 0 Å². The first kappa shape index (κ1) is 19.8. The van der Waals surface area contributed by atoms with Gasteiger partial charge in [-0.15, -0.1) is 13.2 Å². The summed E-state index contributed by atoms with van der Waals surface area (Å²) in [6, 6.07) is 9.56. The van der Waals surface area contributed by atoms with Gasteiger partial charge in [-0.2, -0.15) is 0 Å². The van der Waals surface area contributed by atoms with E-state index in [4.69, 9.17) is 0 Å². The Hall–Kier alpha value is -2.96. The van der Waals surface area contributed by atoms with Gasteiger partial charge in [-0.3, -0.25) is 4.98 Å². The average molecular weight is 387 g/mol. The number of rotatable bonds is 4. The molecular weight excluding hydrogens is 367 g/mol. The van der Waals surface area contributed by atoms with Crippen molar-refractivity contribution in [1.29, 1.82) is 0 Å². The van der Waals surface area contributed by atoms with E-state index in [0.717, 1.165) is 22.4 Å². The van der Waals surface area contributed by atoms with Gasteiger partial charge >= 0.3 is 6.36 Å². The van der Waals surface area contributed by atoms with Crippen LogP contribution >= 0.6 is 0 Å². The highest BCUT2D eigenvalue weighted by Crippen LogP contribution is 2.39. The average Bonchev–Trinajstić information content (AvgIpc) is 2.62. The molecule has 4 nitrogen and oxygen atoms in total. The molecule has 0 aliphatic carbocycles. The lowest BCUT2D eigenvalue weighted by Crippen LogP contribution is -2.21. The zero-order valence-electron chi connectivity index (χ0n) is 15.7. The van der Waals surface area contributed by atoms with Crippen molar-refractivity contribution in [3.05, 3.63) is 72.6 Å². The molecule has 146 valence electrons. The maximum Gasteiger partial charge on any atom is 0.573 e. The van der Waals surface area contributed by atoms with Crippen molar-refractivity contribution in [2.24, 2.45) is 5.41 Å². The Morgan fingerprint density at radius 1 is 0.821 bits per heavy atom. The highest BCUT2D eigenvalue weighted by atomic mass is 19.4. The zero-order valence-corrected chi connectivity index (χ0v) is 15.7. The monoisotopic (exact) mass is 387 g/mol. The Bertz CT molecular complexity index is 903. The molecule has 0 saturated heterocycles. The number of ether oxygens (including phenoxy) is 1. The first-order valence-corrected chi connectivity index (χ1v) is 8.70. The molecule has 1 aromatic carbocycles. The normalized spacial score (nSPS) is 13.2. The molecule has 1 atom stereocenters. The Balaban J connectivity index is 1.86. The van der Waals surface area contributed by atoms with Crippen LogP contribution in [0, 0.1) is 5.41 Å². The molecule has 0 N–H and O–H groups in total. The highest BCUT2D eigenvalue weighted by Gasteiger charge is 2.31. The molecule has 2 heterocycles. The molecule has 0 aliphatic rings. The van der Waals surface area contributed by atoms with Gasteiger partial charge in [0.05, 0.1) is 0 Å². The fraction of sp³-hybridized carbons (Fsp3) is 0.286. The summed E-state index contributed by atoms with van der Waals surface area (Å²) in [5.41, 5.74) is 3.31. The van der Waals surface area contributed by atoms with Crippen LogP contribution < -0.4 is 4.74 Å². The highest BCUT2D eigenvalue weighted by molar-refractivity contribution is 5.63. The molecule has 3 rings (SSSR count). The summed E-state index contributed by atoms with van der Waals surface area (Å²) in [6.45, 7) is 6.37. The van der Waals surface area contributed by atoms with Crippen molar-refractivity contribution in [1.82, 2.24) is 15.0 Å². The molecule has 0 fully saturated rings. The summed E-state index contributed by atoms with van der Waals surface area (Å²) >= 11 is 0. The predicted molar refractivity (Wildman–Crippen MR) is 99.7 cm³/mol. The summed E-state index contributed by atoms with van der Waals surface area (Å²) in [6.07, 6.45) is 2.09. The minimum atomic E-state index is -4.70. The Morgan fingerprint density at radius 2 is 1.43 bits per heavy atom. The van der Waals surface area contributed by atoms with Crippen molar-refractivity contribution in [3.8, 4) is 16.9 Å². The van der Waals surface area contributed by atoms with Crippen molar-refractivity contribution in [2.45, 2.75) is 33.1 Å². The van der Waals surface area contributed by atoms with Crippen LogP contribution in [0.15, 0.2) is 61.3 Å². The fourth-order valence-corrected chi connectivity index (χ4v) is 3.17. The van der Waals surface area contributed by atoms with Crippen LogP contribution in [0.5, 0.6) is 5.75 Å². The van der Waals surface area contributed by atoms with Crippen LogP contribution in [0.2, 0.25) is 0 Å². The van der Waals surface area contributed by atoms with E-state index >= 15 is 0 Å². The second-order valence-electron chi connectivity index (χ2n) is 7.51. The molecule has 1 unspecified atom stereocenters. The maximum absolute atomic E-state index is 12.3. The lowest BCUT2D eigenvalue weighted by molar-refractivity contribution is -0.274. The van der Waals surface area contributed by atoms with Crippen molar-refractivity contribution < 1.29 is 17.9 Å². The summed E-state index contributed by atoms with van der Waals surface area (Å²) in [4.78, 5) is 12.8. The van der Waals surface area contributed by atoms with E-state index in [1.165, 1.54) is 18.5 Å². The van der Waals surface area contributed by atoms with Crippen LogP contribution in [0.25, 0.3) is 11.1 Å². The Morgan fingerprint density at radius 3 is 1.93 bits per heavy atom. The molecule has 7 heteroatoms. The standard InChI is InChI=1S/C21H20F3N3O/c1-20(2,3)19(16-10-25-13-26-11-16)18-9-6-15(12-27-18)14-4-7-17(8-5-14)28-21(22,23)24/h4-13,19H,1-3H3. The Labute approximate surface area is 161 Å². The second kappa shape index (κ2) is 7.58. The predicted octanol–water partition coefficient (Wildman–Crippen LogP) is 5.62. The lowest BCUT2D eigenvalue weighted by atomic mass is 9.75. The van der Waals surface area contributed by atoms with Crippen molar-refractivity contribution in [2.75, 3.05) is 0 Å². The van der Waals surface area contributed by atoms with E-state index in [2.05, 4.69) is 40.5 Å². The number of pyridine rings is 1. The van der Waals surface area contributed by atoms with Gasteiger partial charge < -0.3 is 4.74 Å². The molecule has 0 spiro atoms. The van der Waals surface area contributed by atoms with E-state index in [-0.39, 0.29) is 17.1 Å². The SMILES string of the molecule is CC(C)(C)C(c1cncnc1)c1ccc(-c2ccc(OC(F)(F)F)cc2)cn1. The third-order valence-electron chi connectivity index (χ3n) is 4.28. The van der Waals surface area contributed by atoms with Gasteiger partial charge in [0, 0.05) is 35.8 Å². The summed E-state index contributed by atoms with van der Waals surface area (Å²) in [5.74, 6) is -0.247. The Kier molecular flexibility index (Phi) is 5.36. The number of aromatic nitrogens is 3. The topological polar surface area (TPSA) is 47.9 Å². The van der Waals surface area contributed by atoms with Crippen LogP contribution in [0.3, 0.4) is 0 Å². The van der Waals surface area contributed by atoms with Gasteiger partial charge in [-0.1, -0.05) is 39.0 Å². The summed E-state index contributed by atoms with van der Waals surface area (Å²) < 4.78 is 40.7. The molecule has 3 aromatic rings. The first-order valence-electron chi connectivity index (χ1n) is 8.70. The van der Waals surface area contributed by atoms with Gasteiger partial charge in [0.1, 0.15) is 12.1 Å². The number of nitrogens with zero attached hydrogens (tertiary/aromatic N) is 3. The largest absolute Gasteiger partial charge is 0.573 e. The van der Waals surface area contributed by atoms with Gasteiger partial charge in [-0.25, -0.2) is 9.97 Å². The van der Waals surface area contributed by atoms with Crippen LogP contribution in [-0.2, 0) is 0 Å². The lowest BCUT2D eigenvalue weighted by Gasteiger charge is -2.30. The molecule has 0 amide bonds. The van der Waals surface area contributed by atoms with E-state index in [0.29, 0.717) is 0 Å². The van der Waals surface area contributed by atoms with E-state index in [1.807, 2.05) is 12.1 Å². The third-order valence-corrected chi connectivity index (χ3v) is 4.28. The van der Waals surface area contributed by atoms with Crippen LogP contribution in [0.1, 0.15) is 37.9 Å². The van der Waals surface area contributed by atoms with Crippen LogP contribution in [-0.4, -0.2) is 21.3 Å². The fourth-order valence-electron chi connectivity index (χ4n) is 3.17. The number of benzene rings is 1. The minimum Gasteiger partial charge on any atom is -0.406 e. The van der Waals surface area contributed by atoms with Gasteiger partial charge in [0.15, 0.2) is 0 Å². The van der Waals surface area contributed by atoms with E-state index in [9.17, 15) is 13.2 Å². The molecule has 2 aromatic heterocycles. The van der Waals surface area contributed by atoms with Gasteiger partial charge in [-0.05, 0) is 34.7 Å². The summed E-state index contributed by atoms with van der Waals surface area (Å²) in [5, 5.41) is 0. The number of halogens is 3. The minimum absolute atomic E-state index is 0.00492. The zero-order chi connectivity index (χ0) is 20.4. The molecular formula is C21H20F3N3O. The smallest absolute Gasteiger partial charge is 0.406 e. The summed E-state index contributed by atoms with van der Waals surface area (Å²) in [7, 11) is 0. The number of hydrogen-bond acceptors (Lipinski definition) is 4. The van der Waals surface area contributed by atoms with E-state index < -0.39 is 6.36 Å². The molecule has 0 radical (unpaired) electrons. The quantitative estimate of drug-likeness (QED) is 0.583. The maximum atomic E-state index is 12.3. The second-order valence-corrected chi connectivity index (χ2v) is 7.51. The molecule has 0 saturated carbocycles. The van der Waals surface area contributed by atoms with Crippen molar-refractivity contribution >= 4 is 0 Å². The van der Waals surface area contributed by atoms with Gasteiger partial charge in [0.25, 0.3) is 0 Å². The number of alkyl halides is 3. The number of hydrogen-bond donors (Lipinski definition) is 0. The molecule has 0 aliphatic heterocycles. The molecule has 28 heavy (non-hydrogen) atoms. The van der Waals surface area contributed by atoms with E-state index in [1.54, 1.807) is 30.7 Å². The van der Waals surface area contributed by atoms with Crippen LogP contribution in [0.4, 0.5) is 13.2 Å². The third kappa shape index (κ3) is 4.85.